The summed E-state index contributed by atoms with van der Waals surface area (Å²) in [7, 11) is 1.91. The number of anilines is 1. The summed E-state index contributed by atoms with van der Waals surface area (Å²) in [4.78, 5) is 0. The summed E-state index contributed by atoms with van der Waals surface area (Å²) < 4.78 is 7.02. The number of rotatable bonds is 3. The Balaban J connectivity index is 2.02. The number of hydrogen-bond donors (Lipinski definition) is 1. The van der Waals surface area contributed by atoms with Crippen molar-refractivity contribution in [2.45, 2.75) is 20.4 Å². The Morgan fingerprint density at radius 2 is 2.20 bits per heavy atom. The summed E-state index contributed by atoms with van der Waals surface area (Å²) in [6, 6.07) is 0.441. The van der Waals surface area contributed by atoms with Gasteiger partial charge in [0.25, 0.3) is 0 Å². The molecule has 1 N–H and O–H groups in total. The maximum atomic E-state index is 5.19. The van der Waals surface area contributed by atoms with E-state index in [1.54, 1.807) is 6.92 Å². The molecule has 15 heavy (non-hydrogen) atoms. The molecule has 0 spiro atoms. The molecule has 0 bridgehead atoms. The molecule has 0 saturated heterocycles. The van der Waals surface area contributed by atoms with Crippen LogP contribution in [0.3, 0.4) is 0 Å². The van der Waals surface area contributed by atoms with E-state index in [0.29, 0.717) is 18.5 Å². The molecule has 0 unspecified atom stereocenters. The van der Waals surface area contributed by atoms with E-state index in [0.717, 1.165) is 11.3 Å². The average molecular weight is 207 g/mol. The molecule has 2 aromatic rings. The van der Waals surface area contributed by atoms with Crippen LogP contribution in [0.5, 0.6) is 0 Å². The Morgan fingerprint density at radius 1 is 1.40 bits per heavy atom. The molecule has 0 aliphatic heterocycles. The molecule has 0 aliphatic rings. The summed E-state index contributed by atoms with van der Waals surface area (Å²) in [5, 5.41) is 14.8. The Bertz CT molecular complexity index is 459. The van der Waals surface area contributed by atoms with Crippen LogP contribution in [0.1, 0.15) is 17.1 Å². The Kier molecular flexibility index (Phi) is 2.40. The molecule has 0 saturated carbocycles. The van der Waals surface area contributed by atoms with Gasteiger partial charge in [-0.2, -0.15) is 5.10 Å². The summed E-state index contributed by atoms with van der Waals surface area (Å²) in [6.07, 6.45) is 1.82. The molecule has 0 radical (unpaired) electrons. The van der Waals surface area contributed by atoms with Crippen LogP contribution in [0.15, 0.2) is 10.6 Å². The van der Waals surface area contributed by atoms with Crippen LogP contribution in [-0.2, 0) is 13.6 Å². The summed E-state index contributed by atoms with van der Waals surface area (Å²) in [6.45, 7) is 4.41. The van der Waals surface area contributed by atoms with E-state index in [4.69, 9.17) is 4.42 Å². The fourth-order valence-corrected chi connectivity index (χ4v) is 1.26. The standard InChI is InChI=1S/C9H13N5O/c1-6-8(5-11-14(6)3)4-10-9-13-12-7(2)15-9/h5H,4H2,1-3H3,(H,10,13). The van der Waals surface area contributed by atoms with E-state index in [9.17, 15) is 0 Å². The maximum Gasteiger partial charge on any atom is 0.315 e. The van der Waals surface area contributed by atoms with Crippen LogP contribution in [0, 0.1) is 13.8 Å². The zero-order valence-electron chi connectivity index (χ0n) is 8.98. The second-order valence-corrected chi connectivity index (χ2v) is 3.36. The topological polar surface area (TPSA) is 68.8 Å². The third-order valence-electron chi connectivity index (χ3n) is 2.29. The predicted octanol–water partition coefficient (Wildman–Crippen LogP) is 1.03. The minimum Gasteiger partial charge on any atom is -0.408 e. The predicted molar refractivity (Wildman–Crippen MR) is 54.3 cm³/mol. The Labute approximate surface area is 87.3 Å². The van der Waals surface area contributed by atoms with Gasteiger partial charge in [0, 0.05) is 31.8 Å². The van der Waals surface area contributed by atoms with E-state index < -0.39 is 0 Å². The van der Waals surface area contributed by atoms with E-state index in [1.807, 2.05) is 24.9 Å². The van der Waals surface area contributed by atoms with E-state index in [-0.39, 0.29) is 0 Å². The first-order valence-corrected chi connectivity index (χ1v) is 4.68. The molecule has 0 aliphatic carbocycles. The van der Waals surface area contributed by atoms with Crippen LogP contribution >= 0.6 is 0 Å². The van der Waals surface area contributed by atoms with Crippen molar-refractivity contribution in [3.63, 3.8) is 0 Å². The normalized spacial score (nSPS) is 10.6. The molecular weight excluding hydrogens is 194 g/mol. The maximum absolute atomic E-state index is 5.19. The lowest BCUT2D eigenvalue weighted by Crippen LogP contribution is -2.01. The lowest BCUT2D eigenvalue weighted by atomic mass is 10.2. The lowest BCUT2D eigenvalue weighted by molar-refractivity contribution is 0.530. The Morgan fingerprint density at radius 3 is 2.73 bits per heavy atom. The third-order valence-corrected chi connectivity index (χ3v) is 2.29. The molecular formula is C9H13N5O. The number of aryl methyl sites for hydroxylation is 2. The SMILES string of the molecule is Cc1nnc(NCc2cnn(C)c2C)o1. The molecule has 6 nitrogen and oxygen atoms in total. The number of hydrogen-bond acceptors (Lipinski definition) is 5. The van der Waals surface area contributed by atoms with Crippen molar-refractivity contribution in [1.82, 2.24) is 20.0 Å². The van der Waals surface area contributed by atoms with Crippen LogP contribution in [0.25, 0.3) is 0 Å². The third kappa shape index (κ3) is 1.98. The largest absolute Gasteiger partial charge is 0.408 e. The van der Waals surface area contributed by atoms with E-state index in [2.05, 4.69) is 20.6 Å². The van der Waals surface area contributed by atoms with Crippen LogP contribution in [-0.4, -0.2) is 20.0 Å². The quantitative estimate of drug-likeness (QED) is 0.814. The zero-order valence-corrected chi connectivity index (χ0v) is 8.98. The van der Waals surface area contributed by atoms with Crippen LogP contribution < -0.4 is 5.32 Å². The number of nitrogens with one attached hydrogen (secondary N) is 1. The van der Waals surface area contributed by atoms with E-state index in [1.165, 1.54) is 0 Å². The first-order valence-electron chi connectivity index (χ1n) is 4.68. The highest BCUT2D eigenvalue weighted by molar-refractivity contribution is 5.24. The van der Waals surface area contributed by atoms with Crippen molar-refractivity contribution in [3.05, 3.63) is 23.3 Å². The molecule has 6 heteroatoms. The number of nitrogens with zero attached hydrogens (tertiary/aromatic N) is 4. The van der Waals surface area contributed by atoms with Crippen molar-refractivity contribution in [3.8, 4) is 0 Å². The van der Waals surface area contributed by atoms with Gasteiger partial charge in [-0.1, -0.05) is 5.10 Å². The van der Waals surface area contributed by atoms with Crippen molar-refractivity contribution in [2.75, 3.05) is 5.32 Å². The van der Waals surface area contributed by atoms with Gasteiger partial charge >= 0.3 is 6.01 Å². The molecule has 0 aromatic carbocycles. The van der Waals surface area contributed by atoms with Crippen molar-refractivity contribution >= 4 is 6.01 Å². The average Bonchev–Trinajstić information content (AvgIpc) is 2.74. The molecule has 2 aromatic heterocycles. The summed E-state index contributed by atoms with van der Waals surface area (Å²) >= 11 is 0. The molecule has 0 atom stereocenters. The number of aromatic nitrogens is 4. The fourth-order valence-electron chi connectivity index (χ4n) is 1.26. The molecule has 2 heterocycles. The van der Waals surface area contributed by atoms with Gasteiger partial charge in [-0.15, -0.1) is 5.10 Å². The smallest absolute Gasteiger partial charge is 0.315 e. The lowest BCUT2D eigenvalue weighted by Gasteiger charge is -2.00. The van der Waals surface area contributed by atoms with Crippen LogP contribution in [0.4, 0.5) is 6.01 Å². The van der Waals surface area contributed by atoms with Gasteiger partial charge < -0.3 is 9.73 Å². The first kappa shape index (κ1) is 9.70. The van der Waals surface area contributed by atoms with Gasteiger partial charge in [-0.25, -0.2) is 0 Å². The second kappa shape index (κ2) is 3.72. The Hall–Kier alpha value is -1.85. The van der Waals surface area contributed by atoms with Crippen LogP contribution in [0.2, 0.25) is 0 Å². The van der Waals surface area contributed by atoms with Crippen molar-refractivity contribution < 1.29 is 4.42 Å². The van der Waals surface area contributed by atoms with Gasteiger partial charge in [0.1, 0.15) is 0 Å². The first-order chi connectivity index (χ1) is 7.16. The van der Waals surface area contributed by atoms with Crippen molar-refractivity contribution in [2.24, 2.45) is 7.05 Å². The zero-order chi connectivity index (χ0) is 10.8. The minimum absolute atomic E-state index is 0.441. The highest BCUT2D eigenvalue weighted by atomic mass is 16.4. The highest BCUT2D eigenvalue weighted by Gasteiger charge is 2.05. The molecule has 2 rings (SSSR count). The molecule has 80 valence electrons. The molecule has 0 amide bonds. The van der Waals surface area contributed by atoms with Gasteiger partial charge in [0.15, 0.2) is 0 Å². The minimum atomic E-state index is 0.441. The molecule has 0 fully saturated rings. The summed E-state index contributed by atoms with van der Waals surface area (Å²) in [5.41, 5.74) is 2.24. The van der Waals surface area contributed by atoms with Gasteiger partial charge in [0.2, 0.25) is 5.89 Å². The van der Waals surface area contributed by atoms with E-state index >= 15 is 0 Å². The highest BCUT2D eigenvalue weighted by Crippen LogP contribution is 2.09. The fraction of sp³-hybridized carbons (Fsp3) is 0.444. The van der Waals surface area contributed by atoms with Gasteiger partial charge in [-0.3, -0.25) is 4.68 Å². The van der Waals surface area contributed by atoms with Crippen molar-refractivity contribution in [1.29, 1.82) is 0 Å². The monoisotopic (exact) mass is 207 g/mol. The van der Waals surface area contributed by atoms with Gasteiger partial charge in [-0.05, 0) is 6.92 Å². The summed E-state index contributed by atoms with van der Waals surface area (Å²) in [5.74, 6) is 0.556. The van der Waals surface area contributed by atoms with Gasteiger partial charge in [0.05, 0.1) is 6.20 Å². The second-order valence-electron chi connectivity index (χ2n) is 3.36.